The van der Waals surface area contributed by atoms with Gasteiger partial charge in [0.25, 0.3) is 0 Å². The second-order valence-electron chi connectivity index (χ2n) is 4.74. The first-order valence-electron chi connectivity index (χ1n) is 6.34. The van der Waals surface area contributed by atoms with Gasteiger partial charge in [-0.25, -0.2) is 22.3 Å². The van der Waals surface area contributed by atoms with Crippen LogP contribution in [0.1, 0.15) is 36.0 Å². The Morgan fingerprint density at radius 2 is 2.00 bits per heavy atom. The zero-order valence-corrected chi connectivity index (χ0v) is 11.9. The summed E-state index contributed by atoms with van der Waals surface area (Å²) in [5.41, 5.74) is -0.387. The molecule has 20 heavy (non-hydrogen) atoms. The molecule has 0 radical (unpaired) electrons. The lowest BCUT2D eigenvalue weighted by atomic mass is 10.2. The van der Waals surface area contributed by atoms with Crippen LogP contribution in [0.3, 0.4) is 0 Å². The molecule has 0 atom stereocenters. The molecule has 1 saturated carbocycles. The normalized spacial score (nSPS) is 16.3. The lowest BCUT2D eigenvalue weighted by molar-refractivity contribution is 0.0595. The Morgan fingerprint density at radius 3 is 2.60 bits per heavy atom. The number of methoxy groups -OCH3 is 1. The quantitative estimate of drug-likeness (QED) is 0.861. The third kappa shape index (κ3) is 3.16. The topological polar surface area (TPSA) is 72.5 Å². The molecular formula is C13H16FNO4S. The van der Waals surface area contributed by atoms with Crippen molar-refractivity contribution in [1.82, 2.24) is 4.72 Å². The molecule has 2 rings (SSSR count). The highest BCUT2D eigenvalue weighted by Gasteiger charge is 2.24. The van der Waals surface area contributed by atoms with Crippen LogP contribution in [0, 0.1) is 5.82 Å². The van der Waals surface area contributed by atoms with Crippen molar-refractivity contribution in [2.24, 2.45) is 0 Å². The van der Waals surface area contributed by atoms with E-state index in [-0.39, 0.29) is 16.5 Å². The maximum Gasteiger partial charge on any atom is 0.340 e. The standard InChI is InChI=1S/C13H16FNO4S/c1-19-13(16)11-8-10(6-7-12(11)14)20(17,18)15-9-4-2-3-5-9/h6-9,15H,2-5H2,1H3. The van der Waals surface area contributed by atoms with Gasteiger partial charge in [0, 0.05) is 6.04 Å². The summed E-state index contributed by atoms with van der Waals surface area (Å²) in [7, 11) is -2.64. The van der Waals surface area contributed by atoms with Crippen molar-refractivity contribution in [2.45, 2.75) is 36.6 Å². The molecule has 110 valence electrons. The summed E-state index contributed by atoms with van der Waals surface area (Å²) in [5, 5.41) is 0. The highest BCUT2D eigenvalue weighted by atomic mass is 32.2. The minimum Gasteiger partial charge on any atom is -0.465 e. The van der Waals surface area contributed by atoms with E-state index in [1.807, 2.05) is 0 Å². The summed E-state index contributed by atoms with van der Waals surface area (Å²) in [6.45, 7) is 0. The Labute approximate surface area is 117 Å². The molecule has 1 N–H and O–H groups in total. The third-order valence-electron chi connectivity index (χ3n) is 3.33. The van der Waals surface area contributed by atoms with Crippen molar-refractivity contribution < 1.29 is 22.3 Å². The smallest absolute Gasteiger partial charge is 0.340 e. The summed E-state index contributed by atoms with van der Waals surface area (Å²) < 4.78 is 44.8. The van der Waals surface area contributed by atoms with E-state index in [2.05, 4.69) is 9.46 Å². The van der Waals surface area contributed by atoms with E-state index >= 15 is 0 Å². The molecule has 1 aliphatic rings. The molecule has 0 saturated heterocycles. The molecule has 5 nitrogen and oxygen atoms in total. The van der Waals surface area contributed by atoms with E-state index in [4.69, 9.17) is 0 Å². The molecule has 1 fully saturated rings. The second kappa shape index (κ2) is 5.88. The maximum absolute atomic E-state index is 13.5. The van der Waals surface area contributed by atoms with Gasteiger partial charge >= 0.3 is 5.97 Å². The van der Waals surface area contributed by atoms with Gasteiger partial charge in [-0.1, -0.05) is 12.8 Å². The van der Waals surface area contributed by atoms with Gasteiger partial charge in [-0.15, -0.1) is 0 Å². The number of carbonyl (C=O) groups excluding carboxylic acids is 1. The fourth-order valence-corrected chi connectivity index (χ4v) is 3.60. The van der Waals surface area contributed by atoms with E-state index in [0.29, 0.717) is 0 Å². The largest absolute Gasteiger partial charge is 0.465 e. The minimum absolute atomic E-state index is 0.0911. The molecule has 0 bridgehead atoms. The van der Waals surface area contributed by atoms with Crippen LogP contribution in [-0.2, 0) is 14.8 Å². The van der Waals surface area contributed by atoms with Crippen molar-refractivity contribution in [1.29, 1.82) is 0 Å². The lowest BCUT2D eigenvalue weighted by Crippen LogP contribution is -2.32. The van der Waals surface area contributed by atoms with Gasteiger partial charge in [-0.3, -0.25) is 0 Å². The number of benzene rings is 1. The fourth-order valence-electron chi connectivity index (χ4n) is 2.27. The Balaban J connectivity index is 2.29. The molecule has 7 heteroatoms. The van der Waals surface area contributed by atoms with E-state index in [1.165, 1.54) is 0 Å². The monoisotopic (exact) mass is 301 g/mol. The van der Waals surface area contributed by atoms with Crippen LogP contribution in [0.4, 0.5) is 4.39 Å². The number of ether oxygens (including phenoxy) is 1. The molecule has 0 unspecified atom stereocenters. The number of sulfonamides is 1. The van der Waals surface area contributed by atoms with Crippen LogP contribution in [0.5, 0.6) is 0 Å². The summed E-state index contributed by atoms with van der Waals surface area (Å²) in [4.78, 5) is 11.2. The second-order valence-corrected chi connectivity index (χ2v) is 6.45. The first-order chi connectivity index (χ1) is 9.44. The van der Waals surface area contributed by atoms with Crippen LogP contribution >= 0.6 is 0 Å². The number of carbonyl (C=O) groups is 1. The Bertz CT molecular complexity index is 609. The Morgan fingerprint density at radius 1 is 1.35 bits per heavy atom. The van der Waals surface area contributed by atoms with Gasteiger partial charge in [0.15, 0.2) is 0 Å². The number of hydrogen-bond acceptors (Lipinski definition) is 4. The zero-order valence-electron chi connectivity index (χ0n) is 11.1. The number of rotatable bonds is 4. The van der Waals surface area contributed by atoms with E-state index in [9.17, 15) is 17.6 Å². The van der Waals surface area contributed by atoms with Crippen LogP contribution in [0.15, 0.2) is 23.1 Å². The minimum atomic E-state index is -3.75. The first kappa shape index (κ1) is 14.9. The molecule has 1 aromatic carbocycles. The van der Waals surface area contributed by atoms with E-state index < -0.39 is 21.8 Å². The van der Waals surface area contributed by atoms with Gasteiger partial charge in [0.2, 0.25) is 10.0 Å². The molecule has 1 aromatic rings. The molecule has 0 amide bonds. The van der Waals surface area contributed by atoms with Crippen LogP contribution in [0.25, 0.3) is 0 Å². The predicted octanol–water partition coefficient (Wildman–Crippen LogP) is 1.83. The van der Waals surface area contributed by atoms with Crippen molar-refractivity contribution >= 4 is 16.0 Å². The molecular weight excluding hydrogens is 285 g/mol. The van der Waals surface area contributed by atoms with Crippen molar-refractivity contribution in [3.8, 4) is 0 Å². The van der Waals surface area contributed by atoms with Crippen LogP contribution < -0.4 is 4.72 Å². The number of halogens is 1. The first-order valence-corrected chi connectivity index (χ1v) is 7.82. The SMILES string of the molecule is COC(=O)c1cc(S(=O)(=O)NC2CCCC2)ccc1F. The Kier molecular flexibility index (Phi) is 4.39. The fraction of sp³-hybridized carbons (Fsp3) is 0.462. The molecule has 0 spiro atoms. The number of nitrogens with one attached hydrogen (secondary N) is 1. The Hall–Kier alpha value is -1.47. The van der Waals surface area contributed by atoms with Crippen molar-refractivity contribution in [3.63, 3.8) is 0 Å². The van der Waals surface area contributed by atoms with Crippen molar-refractivity contribution in [2.75, 3.05) is 7.11 Å². The van der Waals surface area contributed by atoms with Crippen LogP contribution in [0.2, 0.25) is 0 Å². The summed E-state index contributed by atoms with van der Waals surface area (Å²) in [6.07, 6.45) is 3.57. The summed E-state index contributed by atoms with van der Waals surface area (Å²) >= 11 is 0. The van der Waals surface area contributed by atoms with Gasteiger partial charge < -0.3 is 4.74 Å². The van der Waals surface area contributed by atoms with E-state index in [1.54, 1.807) is 0 Å². The molecule has 0 aliphatic heterocycles. The summed E-state index contributed by atoms with van der Waals surface area (Å²) in [5.74, 6) is -1.71. The molecule has 0 heterocycles. The maximum atomic E-state index is 13.5. The number of esters is 1. The lowest BCUT2D eigenvalue weighted by Gasteiger charge is -2.13. The molecule has 1 aliphatic carbocycles. The van der Waals surface area contributed by atoms with Crippen molar-refractivity contribution in [3.05, 3.63) is 29.6 Å². The van der Waals surface area contributed by atoms with Gasteiger partial charge in [0.1, 0.15) is 5.82 Å². The third-order valence-corrected chi connectivity index (χ3v) is 4.85. The highest BCUT2D eigenvalue weighted by molar-refractivity contribution is 7.89. The van der Waals surface area contributed by atoms with Gasteiger partial charge in [0.05, 0.1) is 17.6 Å². The van der Waals surface area contributed by atoms with E-state index in [0.717, 1.165) is 51.0 Å². The summed E-state index contributed by atoms with van der Waals surface area (Å²) in [6, 6.07) is 3.00. The van der Waals surface area contributed by atoms with Gasteiger partial charge in [-0.05, 0) is 31.0 Å². The average molecular weight is 301 g/mol. The van der Waals surface area contributed by atoms with Crippen LogP contribution in [-0.4, -0.2) is 27.5 Å². The molecule has 0 aromatic heterocycles. The zero-order chi connectivity index (χ0) is 14.8. The predicted molar refractivity (Wildman–Crippen MR) is 70.3 cm³/mol. The van der Waals surface area contributed by atoms with Gasteiger partial charge in [-0.2, -0.15) is 0 Å². The number of hydrogen-bond donors (Lipinski definition) is 1. The highest BCUT2D eigenvalue weighted by Crippen LogP contribution is 2.21. The average Bonchev–Trinajstić information content (AvgIpc) is 2.90.